The molecule has 2 fully saturated rings. The van der Waals surface area contributed by atoms with Gasteiger partial charge >= 0.3 is 5.97 Å². The summed E-state index contributed by atoms with van der Waals surface area (Å²) in [5.41, 5.74) is 0. The molecule has 0 aromatic carbocycles. The lowest BCUT2D eigenvalue weighted by atomic mass is 9.82. The van der Waals surface area contributed by atoms with E-state index >= 15 is 0 Å². The van der Waals surface area contributed by atoms with Gasteiger partial charge in [-0.3, -0.25) is 4.79 Å². The summed E-state index contributed by atoms with van der Waals surface area (Å²) >= 11 is 0. The number of carbonyl (C=O) groups is 1. The number of carbonyl (C=O) groups excluding carboxylic acids is 1. The van der Waals surface area contributed by atoms with Gasteiger partial charge in [-0.25, -0.2) is 0 Å². The molecule has 0 atom stereocenters. The first-order valence-corrected chi connectivity index (χ1v) is 7.69. The normalized spacial score (nSPS) is 28.7. The van der Waals surface area contributed by atoms with E-state index < -0.39 is 0 Å². The van der Waals surface area contributed by atoms with Crippen molar-refractivity contribution in [2.75, 3.05) is 13.2 Å². The molecule has 0 heterocycles. The van der Waals surface area contributed by atoms with E-state index in [4.69, 9.17) is 4.74 Å². The van der Waals surface area contributed by atoms with E-state index in [-0.39, 0.29) is 11.9 Å². The number of esters is 1. The second-order valence-corrected chi connectivity index (χ2v) is 5.84. The summed E-state index contributed by atoms with van der Waals surface area (Å²) in [6.07, 6.45) is 9.93. The standard InChI is InChI=1S/C15H27NO2/c1-2-18-15(17)13-6-8-14(9-7-13)16-11-10-12-4-3-5-12/h12-14,16H,2-11H2,1H3. The highest BCUT2D eigenvalue weighted by molar-refractivity contribution is 5.72. The van der Waals surface area contributed by atoms with Gasteiger partial charge in [-0.05, 0) is 51.5 Å². The van der Waals surface area contributed by atoms with Crippen LogP contribution in [0.25, 0.3) is 0 Å². The van der Waals surface area contributed by atoms with Gasteiger partial charge in [0.15, 0.2) is 0 Å². The Hall–Kier alpha value is -0.570. The number of hydrogen-bond donors (Lipinski definition) is 1. The van der Waals surface area contributed by atoms with E-state index in [0.29, 0.717) is 12.6 Å². The smallest absolute Gasteiger partial charge is 0.308 e. The van der Waals surface area contributed by atoms with Crippen molar-refractivity contribution in [2.24, 2.45) is 11.8 Å². The lowest BCUT2D eigenvalue weighted by molar-refractivity contribution is -0.149. The van der Waals surface area contributed by atoms with E-state index in [1.807, 2.05) is 6.92 Å². The molecule has 3 heteroatoms. The first kappa shape index (κ1) is 13.9. The SMILES string of the molecule is CCOC(=O)C1CCC(NCCC2CCC2)CC1. The maximum atomic E-state index is 11.6. The van der Waals surface area contributed by atoms with Gasteiger partial charge < -0.3 is 10.1 Å². The lowest BCUT2D eigenvalue weighted by Gasteiger charge is -2.30. The molecule has 2 rings (SSSR count). The number of nitrogens with one attached hydrogen (secondary N) is 1. The van der Waals surface area contributed by atoms with Crippen LogP contribution in [0, 0.1) is 11.8 Å². The zero-order valence-corrected chi connectivity index (χ0v) is 11.6. The molecular weight excluding hydrogens is 226 g/mol. The molecule has 2 saturated carbocycles. The van der Waals surface area contributed by atoms with Gasteiger partial charge in [0.05, 0.1) is 12.5 Å². The van der Waals surface area contributed by atoms with E-state index in [0.717, 1.165) is 31.6 Å². The quantitative estimate of drug-likeness (QED) is 0.740. The third-order valence-electron chi connectivity index (χ3n) is 4.56. The van der Waals surface area contributed by atoms with Crippen molar-refractivity contribution < 1.29 is 9.53 Å². The van der Waals surface area contributed by atoms with Crippen molar-refractivity contribution in [3.05, 3.63) is 0 Å². The summed E-state index contributed by atoms with van der Waals surface area (Å²) < 4.78 is 5.09. The van der Waals surface area contributed by atoms with Gasteiger partial charge in [-0.2, -0.15) is 0 Å². The van der Waals surface area contributed by atoms with Gasteiger partial charge in [0.2, 0.25) is 0 Å². The van der Waals surface area contributed by atoms with Crippen LogP contribution < -0.4 is 5.32 Å². The van der Waals surface area contributed by atoms with Crippen LogP contribution in [-0.2, 0) is 9.53 Å². The monoisotopic (exact) mass is 253 g/mol. The third-order valence-corrected chi connectivity index (χ3v) is 4.56. The van der Waals surface area contributed by atoms with E-state index in [9.17, 15) is 4.79 Å². The summed E-state index contributed by atoms with van der Waals surface area (Å²) in [5, 5.41) is 3.66. The molecule has 0 spiro atoms. The summed E-state index contributed by atoms with van der Waals surface area (Å²) in [6, 6.07) is 0.635. The zero-order valence-electron chi connectivity index (χ0n) is 11.6. The van der Waals surface area contributed by atoms with Crippen LogP contribution in [0.4, 0.5) is 0 Å². The number of rotatable bonds is 6. The fourth-order valence-electron chi connectivity index (χ4n) is 3.07. The summed E-state index contributed by atoms with van der Waals surface area (Å²) in [5.74, 6) is 1.17. The van der Waals surface area contributed by atoms with Crippen molar-refractivity contribution in [2.45, 2.75) is 64.3 Å². The Morgan fingerprint density at radius 3 is 2.44 bits per heavy atom. The lowest BCUT2D eigenvalue weighted by Crippen LogP contribution is -2.36. The van der Waals surface area contributed by atoms with Crippen molar-refractivity contribution in [3.63, 3.8) is 0 Å². The number of hydrogen-bond acceptors (Lipinski definition) is 3. The summed E-state index contributed by atoms with van der Waals surface area (Å²) in [4.78, 5) is 11.6. The van der Waals surface area contributed by atoms with Gasteiger partial charge in [0.1, 0.15) is 0 Å². The van der Waals surface area contributed by atoms with Gasteiger partial charge in [-0.1, -0.05) is 19.3 Å². The van der Waals surface area contributed by atoms with Crippen molar-refractivity contribution in [3.8, 4) is 0 Å². The minimum absolute atomic E-state index is 0.0189. The zero-order chi connectivity index (χ0) is 12.8. The second kappa shape index (κ2) is 7.13. The minimum Gasteiger partial charge on any atom is -0.466 e. The molecule has 0 radical (unpaired) electrons. The fourth-order valence-corrected chi connectivity index (χ4v) is 3.07. The van der Waals surface area contributed by atoms with Crippen LogP contribution in [0.1, 0.15) is 58.3 Å². The highest BCUT2D eigenvalue weighted by Crippen LogP contribution is 2.29. The first-order valence-electron chi connectivity index (χ1n) is 7.69. The molecule has 0 aromatic heterocycles. The topological polar surface area (TPSA) is 38.3 Å². The molecule has 0 bridgehead atoms. The maximum Gasteiger partial charge on any atom is 0.308 e. The van der Waals surface area contributed by atoms with Gasteiger partial charge in [-0.15, -0.1) is 0 Å². The summed E-state index contributed by atoms with van der Waals surface area (Å²) in [6.45, 7) is 3.56. The summed E-state index contributed by atoms with van der Waals surface area (Å²) in [7, 11) is 0. The molecule has 3 nitrogen and oxygen atoms in total. The van der Waals surface area contributed by atoms with Crippen LogP contribution in [0.15, 0.2) is 0 Å². The Morgan fingerprint density at radius 2 is 1.89 bits per heavy atom. The van der Waals surface area contributed by atoms with E-state index in [1.165, 1.54) is 32.2 Å². The second-order valence-electron chi connectivity index (χ2n) is 5.84. The Labute approximate surface area is 111 Å². The molecule has 0 unspecified atom stereocenters. The average Bonchev–Trinajstić information content (AvgIpc) is 2.33. The predicted octanol–water partition coefficient (Wildman–Crippen LogP) is 2.89. The molecule has 1 N–H and O–H groups in total. The molecular formula is C15H27NO2. The molecule has 0 aliphatic heterocycles. The number of ether oxygens (including phenoxy) is 1. The Bertz CT molecular complexity index is 255. The van der Waals surface area contributed by atoms with Crippen LogP contribution in [0.3, 0.4) is 0 Å². The molecule has 2 aliphatic rings. The molecule has 0 aromatic rings. The highest BCUT2D eigenvalue weighted by atomic mass is 16.5. The minimum atomic E-state index is 0.0189. The molecule has 2 aliphatic carbocycles. The van der Waals surface area contributed by atoms with Crippen molar-refractivity contribution in [1.29, 1.82) is 0 Å². The van der Waals surface area contributed by atoms with Crippen LogP contribution in [0.5, 0.6) is 0 Å². The van der Waals surface area contributed by atoms with Crippen molar-refractivity contribution >= 4 is 5.97 Å². The van der Waals surface area contributed by atoms with Crippen LogP contribution in [-0.4, -0.2) is 25.2 Å². The van der Waals surface area contributed by atoms with E-state index in [1.54, 1.807) is 0 Å². The Morgan fingerprint density at radius 1 is 1.17 bits per heavy atom. The Kier molecular flexibility index (Phi) is 5.48. The molecule has 0 amide bonds. The first-order chi connectivity index (χ1) is 8.79. The predicted molar refractivity (Wildman–Crippen MR) is 72.3 cm³/mol. The van der Waals surface area contributed by atoms with E-state index in [2.05, 4.69) is 5.32 Å². The molecule has 18 heavy (non-hydrogen) atoms. The van der Waals surface area contributed by atoms with Crippen LogP contribution >= 0.6 is 0 Å². The van der Waals surface area contributed by atoms with Crippen molar-refractivity contribution in [1.82, 2.24) is 5.32 Å². The fraction of sp³-hybridized carbons (Fsp3) is 0.933. The molecule has 0 saturated heterocycles. The van der Waals surface area contributed by atoms with Crippen LogP contribution in [0.2, 0.25) is 0 Å². The van der Waals surface area contributed by atoms with Gasteiger partial charge in [0, 0.05) is 6.04 Å². The largest absolute Gasteiger partial charge is 0.466 e. The highest BCUT2D eigenvalue weighted by Gasteiger charge is 2.27. The third kappa shape index (κ3) is 3.98. The maximum absolute atomic E-state index is 11.6. The average molecular weight is 253 g/mol. The Balaban J connectivity index is 1.56. The van der Waals surface area contributed by atoms with Gasteiger partial charge in [0.25, 0.3) is 0 Å². The molecule has 104 valence electrons.